The van der Waals surface area contributed by atoms with E-state index in [1.807, 2.05) is 36.5 Å². The standard InChI is InChI=1S/C20H12N2S2.C18H12N2/c1-2-6-14-12-16-15(11-13(14)5-1)21-19(17-7-3-9-23-17)20(22-16)18-8-4-10-24-18;1-2-6-13(7-3-1)18-12-19-16-10-14-8-4-5-9-15(14)11-17(16)20-18/h1-12H;1-12H. The lowest BCUT2D eigenvalue weighted by atomic mass is 10.1. The number of nitrogens with zero attached hydrogens (tertiary/aromatic N) is 4. The van der Waals surface area contributed by atoms with Gasteiger partial charge in [0.05, 0.1) is 43.7 Å². The van der Waals surface area contributed by atoms with Crippen LogP contribution in [0.15, 0.2) is 144 Å². The summed E-state index contributed by atoms with van der Waals surface area (Å²) in [6.07, 6.45) is 1.84. The molecule has 44 heavy (non-hydrogen) atoms. The van der Waals surface area contributed by atoms with Crippen molar-refractivity contribution in [1.82, 2.24) is 19.9 Å². The summed E-state index contributed by atoms with van der Waals surface area (Å²) < 4.78 is 0. The molecule has 4 aromatic heterocycles. The van der Waals surface area contributed by atoms with Crippen LogP contribution in [0.4, 0.5) is 0 Å². The number of aromatic nitrogens is 4. The van der Waals surface area contributed by atoms with Crippen molar-refractivity contribution in [1.29, 1.82) is 0 Å². The molecular formula is C38H24N4S2. The molecule has 0 saturated carbocycles. The lowest BCUT2D eigenvalue weighted by molar-refractivity contribution is 1.30. The highest BCUT2D eigenvalue weighted by Crippen LogP contribution is 2.36. The summed E-state index contributed by atoms with van der Waals surface area (Å²) in [7, 11) is 0. The second kappa shape index (κ2) is 11.4. The molecule has 0 bridgehead atoms. The van der Waals surface area contributed by atoms with E-state index in [-0.39, 0.29) is 0 Å². The Kier molecular flexibility index (Phi) is 6.83. The van der Waals surface area contributed by atoms with Crippen molar-refractivity contribution in [3.63, 3.8) is 0 Å². The molecule has 0 spiro atoms. The first kappa shape index (κ1) is 26.3. The van der Waals surface area contributed by atoms with Gasteiger partial charge in [0.2, 0.25) is 0 Å². The summed E-state index contributed by atoms with van der Waals surface area (Å²) in [5, 5.41) is 8.95. The van der Waals surface area contributed by atoms with Gasteiger partial charge in [0.15, 0.2) is 0 Å². The van der Waals surface area contributed by atoms with Gasteiger partial charge in [-0.25, -0.2) is 15.0 Å². The van der Waals surface area contributed by atoms with Crippen molar-refractivity contribution < 1.29 is 0 Å². The molecule has 9 rings (SSSR count). The van der Waals surface area contributed by atoms with E-state index in [9.17, 15) is 0 Å². The number of hydrogen-bond acceptors (Lipinski definition) is 6. The summed E-state index contributed by atoms with van der Waals surface area (Å²) >= 11 is 3.40. The molecule has 9 aromatic rings. The van der Waals surface area contributed by atoms with Crippen LogP contribution in [0.2, 0.25) is 0 Å². The average Bonchev–Trinajstić information content (AvgIpc) is 3.82. The van der Waals surface area contributed by atoms with Crippen molar-refractivity contribution in [2.75, 3.05) is 0 Å². The fraction of sp³-hybridized carbons (Fsp3) is 0. The Balaban J connectivity index is 0.000000134. The molecule has 6 heteroatoms. The van der Waals surface area contributed by atoms with E-state index in [0.29, 0.717) is 0 Å². The highest BCUT2D eigenvalue weighted by molar-refractivity contribution is 7.14. The summed E-state index contributed by atoms with van der Waals surface area (Å²) in [5.74, 6) is 0. The molecule has 208 valence electrons. The zero-order valence-corrected chi connectivity index (χ0v) is 25.1. The predicted molar refractivity (Wildman–Crippen MR) is 186 cm³/mol. The van der Waals surface area contributed by atoms with Gasteiger partial charge in [-0.2, -0.15) is 0 Å². The highest BCUT2D eigenvalue weighted by Gasteiger charge is 2.15. The Morgan fingerprint density at radius 2 is 0.864 bits per heavy atom. The topological polar surface area (TPSA) is 51.6 Å². The second-order valence-corrected chi connectivity index (χ2v) is 12.3. The molecule has 4 nitrogen and oxygen atoms in total. The van der Waals surface area contributed by atoms with E-state index in [2.05, 4.69) is 113 Å². The number of fused-ring (bicyclic) bond motifs is 4. The summed E-state index contributed by atoms with van der Waals surface area (Å²) in [6.45, 7) is 0. The monoisotopic (exact) mass is 600 g/mol. The van der Waals surface area contributed by atoms with E-state index >= 15 is 0 Å². The Morgan fingerprint density at radius 3 is 1.34 bits per heavy atom. The first-order chi connectivity index (χ1) is 21.8. The zero-order valence-electron chi connectivity index (χ0n) is 23.5. The molecule has 5 aromatic carbocycles. The van der Waals surface area contributed by atoms with E-state index in [0.717, 1.165) is 54.5 Å². The van der Waals surface area contributed by atoms with Crippen LogP contribution in [0, 0.1) is 0 Å². The smallest absolute Gasteiger partial charge is 0.108 e. The first-order valence-corrected chi connectivity index (χ1v) is 16.0. The van der Waals surface area contributed by atoms with Crippen LogP contribution < -0.4 is 0 Å². The first-order valence-electron chi connectivity index (χ1n) is 14.3. The lowest BCUT2D eigenvalue weighted by Crippen LogP contribution is -1.93. The number of rotatable bonds is 3. The molecule has 4 heterocycles. The Labute approximate surface area is 262 Å². The largest absolute Gasteiger partial charge is 0.252 e. The van der Waals surface area contributed by atoms with Crippen molar-refractivity contribution in [2.45, 2.75) is 0 Å². The summed E-state index contributed by atoms with van der Waals surface area (Å²) in [5.41, 5.74) is 7.69. The van der Waals surface area contributed by atoms with Crippen LogP contribution in [0.25, 0.3) is 76.0 Å². The quantitative estimate of drug-likeness (QED) is 0.189. The van der Waals surface area contributed by atoms with E-state index in [4.69, 9.17) is 15.0 Å². The van der Waals surface area contributed by atoms with Gasteiger partial charge >= 0.3 is 0 Å². The van der Waals surface area contributed by atoms with Gasteiger partial charge in [-0.05, 0) is 68.7 Å². The van der Waals surface area contributed by atoms with Gasteiger partial charge in [-0.3, -0.25) is 4.98 Å². The van der Waals surface area contributed by atoms with Gasteiger partial charge in [0.25, 0.3) is 0 Å². The second-order valence-electron chi connectivity index (χ2n) is 10.4. The van der Waals surface area contributed by atoms with E-state index in [1.165, 1.54) is 21.5 Å². The molecule has 0 aliphatic carbocycles. The van der Waals surface area contributed by atoms with Crippen LogP contribution in [-0.4, -0.2) is 19.9 Å². The van der Waals surface area contributed by atoms with Gasteiger partial charge < -0.3 is 0 Å². The van der Waals surface area contributed by atoms with Gasteiger partial charge in [0.1, 0.15) is 11.4 Å². The minimum atomic E-state index is 0.911. The van der Waals surface area contributed by atoms with Crippen LogP contribution in [0.1, 0.15) is 0 Å². The molecule has 0 unspecified atom stereocenters. The van der Waals surface area contributed by atoms with Crippen molar-refractivity contribution in [3.05, 3.63) is 144 Å². The minimum absolute atomic E-state index is 0.911. The molecule has 0 saturated heterocycles. The van der Waals surface area contributed by atoms with Gasteiger partial charge in [0, 0.05) is 5.56 Å². The van der Waals surface area contributed by atoms with Crippen LogP contribution >= 0.6 is 22.7 Å². The summed E-state index contributed by atoms with van der Waals surface area (Å²) in [4.78, 5) is 21.5. The van der Waals surface area contributed by atoms with Crippen LogP contribution in [-0.2, 0) is 0 Å². The predicted octanol–water partition coefficient (Wildman–Crippen LogP) is 10.7. The molecule has 0 amide bonds. The molecule has 0 N–H and O–H groups in total. The lowest BCUT2D eigenvalue weighted by Gasteiger charge is -2.08. The number of thiophene rings is 2. The van der Waals surface area contributed by atoms with E-state index in [1.54, 1.807) is 22.7 Å². The molecular weight excluding hydrogens is 577 g/mol. The SMILES string of the molecule is c1ccc(-c2cnc3cc4ccccc4cc3n2)cc1.c1csc(-c2nc3cc4ccccc4cc3nc2-c2cccs2)c1. The number of benzene rings is 5. The Morgan fingerprint density at radius 1 is 0.409 bits per heavy atom. The maximum absolute atomic E-state index is 4.98. The maximum atomic E-state index is 4.98. The maximum Gasteiger partial charge on any atom is 0.108 e. The molecule has 0 aliphatic heterocycles. The fourth-order valence-electron chi connectivity index (χ4n) is 5.36. The number of hydrogen-bond donors (Lipinski definition) is 0. The van der Waals surface area contributed by atoms with Crippen molar-refractivity contribution in [2.24, 2.45) is 0 Å². The van der Waals surface area contributed by atoms with Gasteiger partial charge in [-0.15, -0.1) is 22.7 Å². The third-order valence-corrected chi connectivity index (χ3v) is 9.27. The van der Waals surface area contributed by atoms with Gasteiger partial charge in [-0.1, -0.05) is 91.0 Å². The van der Waals surface area contributed by atoms with Crippen molar-refractivity contribution >= 4 is 66.3 Å². The molecule has 0 radical (unpaired) electrons. The third-order valence-electron chi connectivity index (χ3n) is 7.52. The zero-order chi connectivity index (χ0) is 29.3. The Bertz CT molecular complexity index is 2290. The van der Waals surface area contributed by atoms with Crippen LogP contribution in [0.3, 0.4) is 0 Å². The Hall–Kier alpha value is -5.30. The van der Waals surface area contributed by atoms with Crippen molar-refractivity contribution in [3.8, 4) is 32.4 Å². The summed E-state index contributed by atoms with van der Waals surface area (Å²) in [6, 6.07) is 43.6. The fourth-order valence-corrected chi connectivity index (χ4v) is 6.79. The van der Waals surface area contributed by atoms with Crippen LogP contribution in [0.5, 0.6) is 0 Å². The normalized spacial score (nSPS) is 11.2. The third kappa shape index (κ3) is 5.11. The minimum Gasteiger partial charge on any atom is -0.252 e. The molecule has 0 atom stereocenters. The molecule has 0 aliphatic rings. The van der Waals surface area contributed by atoms with E-state index < -0.39 is 0 Å². The molecule has 0 fully saturated rings. The average molecular weight is 601 g/mol. The highest BCUT2D eigenvalue weighted by atomic mass is 32.1.